The van der Waals surface area contributed by atoms with Crippen molar-refractivity contribution in [3.05, 3.63) is 71.0 Å². The molecule has 0 aliphatic carbocycles. The highest BCUT2D eigenvalue weighted by molar-refractivity contribution is 7.99. The summed E-state index contributed by atoms with van der Waals surface area (Å²) in [4.78, 5) is 14.3. The van der Waals surface area contributed by atoms with Gasteiger partial charge in [0, 0.05) is 13.6 Å². The summed E-state index contributed by atoms with van der Waals surface area (Å²) in [5, 5.41) is 9.24. The van der Waals surface area contributed by atoms with Gasteiger partial charge >= 0.3 is 0 Å². The van der Waals surface area contributed by atoms with Crippen molar-refractivity contribution in [2.45, 2.75) is 32.5 Å². The average molecular weight is 381 g/mol. The number of benzene rings is 2. The molecule has 3 rings (SSSR count). The summed E-state index contributed by atoms with van der Waals surface area (Å²) in [6.07, 6.45) is 0. The Kier molecular flexibility index (Phi) is 5.96. The van der Waals surface area contributed by atoms with Crippen LogP contribution in [0, 0.1) is 20.8 Å². The fourth-order valence-corrected chi connectivity index (χ4v) is 3.79. The van der Waals surface area contributed by atoms with Gasteiger partial charge in [0.05, 0.1) is 11.4 Å². The summed E-state index contributed by atoms with van der Waals surface area (Å²) < 4.78 is 2.03. The molecule has 1 aromatic heterocycles. The summed E-state index contributed by atoms with van der Waals surface area (Å²) in [6, 6.07) is 16.3. The minimum Gasteiger partial charge on any atom is -0.341 e. The standard InChI is InChI=1S/C21H24N4OS/c1-15-10-11-16(2)19(12-15)25-17(3)22-23-21(25)27-14-20(26)24(4)13-18-8-6-5-7-9-18/h5-12H,13-14H2,1-4H3. The van der Waals surface area contributed by atoms with Gasteiger partial charge in [0.2, 0.25) is 5.91 Å². The lowest BCUT2D eigenvalue weighted by Gasteiger charge is -2.17. The smallest absolute Gasteiger partial charge is 0.233 e. The Balaban J connectivity index is 1.72. The Morgan fingerprint density at radius 2 is 1.81 bits per heavy atom. The van der Waals surface area contributed by atoms with Crippen molar-refractivity contribution in [2.75, 3.05) is 12.8 Å². The highest BCUT2D eigenvalue weighted by Gasteiger charge is 2.16. The van der Waals surface area contributed by atoms with E-state index in [1.165, 1.54) is 17.3 Å². The van der Waals surface area contributed by atoms with Crippen molar-refractivity contribution in [2.24, 2.45) is 0 Å². The van der Waals surface area contributed by atoms with E-state index >= 15 is 0 Å². The third kappa shape index (κ3) is 4.57. The summed E-state index contributed by atoms with van der Waals surface area (Å²) in [5.41, 5.74) is 4.51. The van der Waals surface area contributed by atoms with Crippen molar-refractivity contribution < 1.29 is 4.79 Å². The van der Waals surface area contributed by atoms with Gasteiger partial charge < -0.3 is 4.90 Å². The number of aryl methyl sites for hydroxylation is 3. The summed E-state index contributed by atoms with van der Waals surface area (Å²) in [7, 11) is 1.83. The first-order valence-electron chi connectivity index (χ1n) is 8.86. The topological polar surface area (TPSA) is 51.0 Å². The molecule has 1 heterocycles. The lowest BCUT2D eigenvalue weighted by molar-refractivity contribution is -0.127. The van der Waals surface area contributed by atoms with Gasteiger partial charge in [0.15, 0.2) is 5.16 Å². The summed E-state index contributed by atoms with van der Waals surface area (Å²) >= 11 is 1.42. The van der Waals surface area contributed by atoms with Crippen LogP contribution >= 0.6 is 11.8 Å². The van der Waals surface area contributed by atoms with Gasteiger partial charge in [-0.2, -0.15) is 0 Å². The van der Waals surface area contributed by atoms with Crippen LogP contribution < -0.4 is 0 Å². The normalized spacial score (nSPS) is 10.8. The second kappa shape index (κ2) is 8.39. The van der Waals surface area contributed by atoms with Crippen molar-refractivity contribution >= 4 is 17.7 Å². The van der Waals surface area contributed by atoms with E-state index in [1.807, 2.05) is 48.9 Å². The molecule has 0 aliphatic heterocycles. The van der Waals surface area contributed by atoms with Crippen LogP contribution in [0.3, 0.4) is 0 Å². The van der Waals surface area contributed by atoms with Crippen molar-refractivity contribution in [1.29, 1.82) is 0 Å². The molecular formula is C21H24N4OS. The van der Waals surface area contributed by atoms with Crippen molar-refractivity contribution in [3.63, 3.8) is 0 Å². The fourth-order valence-electron chi connectivity index (χ4n) is 2.86. The summed E-state index contributed by atoms with van der Waals surface area (Å²) in [5.74, 6) is 1.21. The number of nitrogens with zero attached hydrogens (tertiary/aromatic N) is 4. The minimum absolute atomic E-state index is 0.0667. The van der Waals surface area contributed by atoms with Crippen LogP contribution in [0.1, 0.15) is 22.5 Å². The van der Waals surface area contributed by atoms with Gasteiger partial charge in [0.25, 0.3) is 0 Å². The number of rotatable bonds is 6. The van der Waals surface area contributed by atoms with E-state index in [2.05, 4.69) is 42.2 Å². The number of hydrogen-bond acceptors (Lipinski definition) is 4. The lowest BCUT2D eigenvalue weighted by Crippen LogP contribution is -2.27. The van der Waals surface area contributed by atoms with Crippen LogP contribution in [-0.4, -0.2) is 38.4 Å². The highest BCUT2D eigenvalue weighted by Crippen LogP contribution is 2.25. The maximum atomic E-state index is 12.5. The molecule has 0 spiro atoms. The fraction of sp³-hybridized carbons (Fsp3) is 0.286. The van der Waals surface area contributed by atoms with E-state index in [9.17, 15) is 4.79 Å². The second-order valence-corrected chi connectivity index (χ2v) is 7.62. The van der Waals surface area contributed by atoms with Gasteiger partial charge in [-0.3, -0.25) is 9.36 Å². The van der Waals surface area contributed by atoms with Crippen molar-refractivity contribution in [1.82, 2.24) is 19.7 Å². The number of thioether (sulfide) groups is 1. The van der Waals surface area contributed by atoms with Crippen molar-refractivity contribution in [3.8, 4) is 5.69 Å². The first kappa shape index (κ1) is 19.2. The molecule has 0 atom stereocenters. The molecule has 140 valence electrons. The Morgan fingerprint density at radius 1 is 1.07 bits per heavy atom. The number of amides is 1. The van der Waals surface area contributed by atoms with Gasteiger partial charge in [0.1, 0.15) is 5.82 Å². The van der Waals surface area contributed by atoms with Gasteiger partial charge in [-0.25, -0.2) is 0 Å². The van der Waals surface area contributed by atoms with Crippen LogP contribution in [0.15, 0.2) is 53.7 Å². The highest BCUT2D eigenvalue weighted by atomic mass is 32.2. The molecule has 0 saturated carbocycles. The van der Waals surface area contributed by atoms with Crippen LogP contribution in [0.4, 0.5) is 0 Å². The Labute approximate surface area is 164 Å². The Hall–Kier alpha value is -2.60. The molecule has 0 bridgehead atoms. The maximum Gasteiger partial charge on any atom is 0.233 e. The molecule has 2 aromatic carbocycles. The Bertz CT molecular complexity index is 937. The molecule has 6 heteroatoms. The predicted molar refractivity (Wildman–Crippen MR) is 109 cm³/mol. The van der Waals surface area contributed by atoms with E-state index in [-0.39, 0.29) is 5.91 Å². The van der Waals surface area contributed by atoms with E-state index in [4.69, 9.17) is 0 Å². The van der Waals surface area contributed by atoms with E-state index in [1.54, 1.807) is 4.90 Å². The third-order valence-electron chi connectivity index (χ3n) is 4.41. The van der Waals surface area contributed by atoms with Crippen LogP contribution in [-0.2, 0) is 11.3 Å². The van der Waals surface area contributed by atoms with E-state index in [0.717, 1.165) is 27.8 Å². The zero-order valence-electron chi connectivity index (χ0n) is 16.1. The summed E-state index contributed by atoms with van der Waals surface area (Å²) in [6.45, 7) is 6.67. The molecule has 0 aliphatic rings. The molecule has 27 heavy (non-hydrogen) atoms. The predicted octanol–water partition coefficient (Wildman–Crippen LogP) is 3.94. The molecule has 5 nitrogen and oxygen atoms in total. The zero-order chi connectivity index (χ0) is 19.4. The molecule has 0 fully saturated rings. The van der Waals surface area contributed by atoms with Crippen LogP contribution in [0.25, 0.3) is 5.69 Å². The minimum atomic E-state index is 0.0667. The van der Waals surface area contributed by atoms with E-state index in [0.29, 0.717) is 12.3 Å². The van der Waals surface area contributed by atoms with Crippen LogP contribution in [0.2, 0.25) is 0 Å². The van der Waals surface area contributed by atoms with Gasteiger partial charge in [-0.05, 0) is 43.5 Å². The molecule has 0 saturated heterocycles. The first-order chi connectivity index (χ1) is 13.0. The largest absolute Gasteiger partial charge is 0.341 e. The Morgan fingerprint density at radius 3 is 2.56 bits per heavy atom. The SMILES string of the molecule is Cc1ccc(C)c(-n2c(C)nnc2SCC(=O)N(C)Cc2ccccc2)c1. The van der Waals surface area contributed by atoms with Gasteiger partial charge in [-0.1, -0.05) is 54.2 Å². The van der Waals surface area contributed by atoms with E-state index < -0.39 is 0 Å². The average Bonchev–Trinajstić information content (AvgIpc) is 3.03. The number of aromatic nitrogens is 3. The number of carbonyl (C=O) groups excluding carboxylic acids is 1. The number of hydrogen-bond donors (Lipinski definition) is 0. The van der Waals surface area contributed by atoms with Crippen LogP contribution in [0.5, 0.6) is 0 Å². The first-order valence-corrected chi connectivity index (χ1v) is 9.84. The molecule has 0 radical (unpaired) electrons. The third-order valence-corrected chi connectivity index (χ3v) is 5.33. The molecule has 0 unspecified atom stereocenters. The zero-order valence-corrected chi connectivity index (χ0v) is 17.0. The van der Waals surface area contributed by atoms with Gasteiger partial charge in [-0.15, -0.1) is 10.2 Å². The number of carbonyl (C=O) groups is 1. The second-order valence-electron chi connectivity index (χ2n) is 6.68. The lowest BCUT2D eigenvalue weighted by atomic mass is 10.1. The monoisotopic (exact) mass is 380 g/mol. The molecule has 1 amide bonds. The molecule has 3 aromatic rings. The molecule has 0 N–H and O–H groups in total. The molecular weight excluding hydrogens is 356 g/mol. The maximum absolute atomic E-state index is 12.5. The quantitative estimate of drug-likeness (QED) is 0.608.